The van der Waals surface area contributed by atoms with Gasteiger partial charge in [0.05, 0.1) is 0 Å². The van der Waals surface area contributed by atoms with Gasteiger partial charge in [0.2, 0.25) is 0 Å². The fourth-order valence-corrected chi connectivity index (χ4v) is 11.4. The normalized spacial score (nSPS) is 15.7. The third-order valence-electron chi connectivity index (χ3n) is 14.0. The minimum atomic E-state index is -0.0814. The van der Waals surface area contributed by atoms with Gasteiger partial charge >= 0.3 is 0 Å². The van der Waals surface area contributed by atoms with Crippen LogP contribution < -0.4 is 0 Å². The first-order valence-electron chi connectivity index (χ1n) is 20.5. The molecule has 3 aliphatic rings. The first-order chi connectivity index (χ1) is 27.5. The lowest BCUT2D eigenvalue weighted by Gasteiger charge is -2.27. The van der Waals surface area contributed by atoms with Gasteiger partial charge in [-0.2, -0.15) is 0 Å². The summed E-state index contributed by atoms with van der Waals surface area (Å²) in [7, 11) is 0. The highest BCUT2D eigenvalue weighted by Crippen LogP contribution is 2.59. The van der Waals surface area contributed by atoms with Crippen molar-refractivity contribution >= 4 is 32.3 Å². The van der Waals surface area contributed by atoms with Crippen molar-refractivity contribution in [1.29, 1.82) is 0 Å². The fourth-order valence-electron chi connectivity index (χ4n) is 11.4. The number of rotatable bonds is 3. The van der Waals surface area contributed by atoms with Gasteiger partial charge in [-0.1, -0.05) is 178 Å². The number of fused-ring (bicyclic) bond motifs is 11. The van der Waals surface area contributed by atoms with E-state index in [0.717, 1.165) is 0 Å². The van der Waals surface area contributed by atoms with Crippen LogP contribution in [0.2, 0.25) is 0 Å². The molecule has 266 valence electrons. The van der Waals surface area contributed by atoms with Gasteiger partial charge in [0.15, 0.2) is 0 Å². The molecular weight excluding hydrogens is 673 g/mol. The van der Waals surface area contributed by atoms with Gasteiger partial charge in [0, 0.05) is 10.8 Å². The lowest BCUT2D eigenvalue weighted by molar-refractivity contribution is 0.550. The second-order valence-electron chi connectivity index (χ2n) is 17.1. The molecule has 0 heterocycles. The third-order valence-corrected chi connectivity index (χ3v) is 14.0. The molecule has 0 nitrogen and oxygen atoms in total. The summed E-state index contributed by atoms with van der Waals surface area (Å²) >= 11 is 0. The van der Waals surface area contributed by atoms with Crippen LogP contribution in [-0.2, 0) is 10.8 Å². The van der Waals surface area contributed by atoms with Crippen molar-refractivity contribution in [3.63, 3.8) is 0 Å². The van der Waals surface area contributed by atoms with E-state index >= 15 is 0 Å². The Labute approximate surface area is 329 Å². The molecule has 0 amide bonds. The predicted molar refractivity (Wildman–Crippen MR) is 238 cm³/mol. The molecule has 1 saturated carbocycles. The molecule has 56 heavy (non-hydrogen) atoms. The van der Waals surface area contributed by atoms with E-state index in [1.165, 1.54) is 136 Å². The van der Waals surface area contributed by atoms with Crippen LogP contribution in [0.4, 0.5) is 0 Å². The van der Waals surface area contributed by atoms with Gasteiger partial charge < -0.3 is 0 Å². The number of hydrogen-bond donors (Lipinski definition) is 0. The standard InChI is InChI=1S/C56H42/c1-55(2)48-21-9-8-19-45(48)54-46(20-13-23-50(54)55)53-43-18-6-5-17-42(43)52(44-29-26-38(33-47(44)53)37-25-24-35-14-3-4-15-36(35)32-37)39-27-28-41-40-16-7-10-22-49(40)56(51(41)34-39)30-11-12-31-56/h3-10,13-29,32-34H,11-12,30-31H2,1-2H3. The predicted octanol–water partition coefficient (Wildman–Crippen LogP) is 15.3. The minimum Gasteiger partial charge on any atom is -0.0619 e. The summed E-state index contributed by atoms with van der Waals surface area (Å²) < 4.78 is 0. The highest BCUT2D eigenvalue weighted by Gasteiger charge is 2.45. The molecule has 0 aromatic heterocycles. The van der Waals surface area contributed by atoms with Crippen LogP contribution in [0.3, 0.4) is 0 Å². The van der Waals surface area contributed by atoms with Crippen molar-refractivity contribution < 1.29 is 0 Å². The van der Waals surface area contributed by atoms with E-state index in [9.17, 15) is 0 Å². The van der Waals surface area contributed by atoms with Crippen LogP contribution in [0, 0.1) is 0 Å². The Morgan fingerprint density at radius 3 is 1.77 bits per heavy atom. The molecule has 0 unspecified atom stereocenters. The number of hydrogen-bond acceptors (Lipinski definition) is 0. The zero-order valence-corrected chi connectivity index (χ0v) is 32.0. The monoisotopic (exact) mass is 714 g/mol. The molecule has 3 aliphatic carbocycles. The van der Waals surface area contributed by atoms with Crippen molar-refractivity contribution in [3.05, 3.63) is 192 Å². The lowest BCUT2D eigenvalue weighted by Crippen LogP contribution is -2.20. The molecule has 0 heteroatoms. The van der Waals surface area contributed by atoms with E-state index in [2.05, 4.69) is 184 Å². The van der Waals surface area contributed by atoms with E-state index in [0.29, 0.717) is 0 Å². The molecule has 12 rings (SSSR count). The first-order valence-corrected chi connectivity index (χ1v) is 20.5. The van der Waals surface area contributed by atoms with E-state index in [-0.39, 0.29) is 10.8 Å². The highest BCUT2D eigenvalue weighted by atomic mass is 14.5. The first kappa shape index (κ1) is 32.0. The molecule has 0 atom stereocenters. The average Bonchev–Trinajstić information content (AvgIpc) is 3.92. The summed E-state index contributed by atoms with van der Waals surface area (Å²) in [5, 5.41) is 7.77. The fraction of sp³-hybridized carbons (Fsp3) is 0.143. The van der Waals surface area contributed by atoms with Crippen molar-refractivity contribution in [1.82, 2.24) is 0 Å². The maximum atomic E-state index is 2.60. The van der Waals surface area contributed by atoms with E-state index in [4.69, 9.17) is 0 Å². The van der Waals surface area contributed by atoms with Crippen LogP contribution in [0.1, 0.15) is 61.8 Å². The topological polar surface area (TPSA) is 0 Å². The van der Waals surface area contributed by atoms with Crippen LogP contribution in [-0.4, -0.2) is 0 Å². The Kier molecular flexibility index (Phi) is 6.66. The third kappa shape index (κ3) is 4.30. The lowest BCUT2D eigenvalue weighted by atomic mass is 9.75. The Balaban J connectivity index is 1.18. The van der Waals surface area contributed by atoms with E-state index in [1.807, 2.05) is 0 Å². The Morgan fingerprint density at radius 2 is 0.929 bits per heavy atom. The SMILES string of the molecule is CC1(C)c2ccccc2-c2c(-c3c4ccccc4c(-c4ccc5c(c4)C4(CCCC4)c4ccccc4-5)c4ccc(-c5ccc6ccccc6c5)cc34)cccc21. The second-order valence-corrected chi connectivity index (χ2v) is 17.1. The van der Waals surface area contributed by atoms with E-state index < -0.39 is 0 Å². The Hall–Kier alpha value is -6.24. The smallest absolute Gasteiger partial charge is 0.0215 e. The van der Waals surface area contributed by atoms with Crippen molar-refractivity contribution in [2.75, 3.05) is 0 Å². The van der Waals surface area contributed by atoms with Gasteiger partial charge in [-0.25, -0.2) is 0 Å². The molecule has 0 N–H and O–H groups in total. The summed E-state index contributed by atoms with van der Waals surface area (Å²) in [5.41, 5.74) is 19.3. The van der Waals surface area contributed by atoms with Crippen LogP contribution >= 0.6 is 0 Å². The maximum absolute atomic E-state index is 2.60. The summed E-state index contributed by atoms with van der Waals surface area (Å²) in [5.74, 6) is 0. The average molecular weight is 715 g/mol. The highest BCUT2D eigenvalue weighted by molar-refractivity contribution is 6.23. The molecule has 0 saturated heterocycles. The van der Waals surface area contributed by atoms with Gasteiger partial charge in [-0.3, -0.25) is 0 Å². The molecule has 9 aromatic rings. The maximum Gasteiger partial charge on any atom is 0.0215 e. The molecular formula is C56H42. The molecule has 1 fully saturated rings. The molecule has 1 spiro atoms. The van der Waals surface area contributed by atoms with Gasteiger partial charge in [-0.05, 0) is 141 Å². The quantitative estimate of drug-likeness (QED) is 0.160. The van der Waals surface area contributed by atoms with Crippen molar-refractivity contribution in [2.24, 2.45) is 0 Å². The second kappa shape index (κ2) is 11.6. The molecule has 9 aromatic carbocycles. The zero-order chi connectivity index (χ0) is 37.2. The van der Waals surface area contributed by atoms with Gasteiger partial charge in [0.25, 0.3) is 0 Å². The zero-order valence-electron chi connectivity index (χ0n) is 32.0. The van der Waals surface area contributed by atoms with E-state index in [1.54, 1.807) is 0 Å². The largest absolute Gasteiger partial charge is 0.0619 e. The van der Waals surface area contributed by atoms with Gasteiger partial charge in [0.1, 0.15) is 0 Å². The summed E-state index contributed by atoms with van der Waals surface area (Å²) in [6.07, 6.45) is 5.04. The van der Waals surface area contributed by atoms with Crippen LogP contribution in [0.15, 0.2) is 170 Å². The van der Waals surface area contributed by atoms with Crippen molar-refractivity contribution in [2.45, 2.75) is 50.4 Å². The minimum absolute atomic E-state index is 0.0814. The van der Waals surface area contributed by atoms with Crippen LogP contribution in [0.25, 0.3) is 88.0 Å². The molecule has 0 bridgehead atoms. The Bertz CT molecular complexity index is 3110. The molecule has 0 radical (unpaired) electrons. The summed E-state index contributed by atoms with van der Waals surface area (Å²) in [6.45, 7) is 4.78. The van der Waals surface area contributed by atoms with Crippen molar-refractivity contribution in [3.8, 4) is 55.6 Å². The van der Waals surface area contributed by atoms with Gasteiger partial charge in [-0.15, -0.1) is 0 Å². The summed E-state index contributed by atoms with van der Waals surface area (Å²) in [4.78, 5) is 0. The molecule has 0 aliphatic heterocycles. The van der Waals surface area contributed by atoms with Crippen LogP contribution in [0.5, 0.6) is 0 Å². The number of benzene rings is 9. The summed E-state index contributed by atoms with van der Waals surface area (Å²) in [6, 6.07) is 65.0. The Morgan fingerprint density at radius 1 is 0.339 bits per heavy atom.